The van der Waals surface area contributed by atoms with Crippen molar-refractivity contribution >= 4 is 110 Å². The van der Waals surface area contributed by atoms with Crippen molar-refractivity contribution in [3.05, 3.63) is 98.7 Å². The van der Waals surface area contributed by atoms with Crippen molar-refractivity contribution in [2.45, 2.75) is 13.0 Å². The lowest BCUT2D eigenvalue weighted by Crippen LogP contribution is -2.56. The maximum Gasteiger partial charge on any atom is 0.282 e. The van der Waals surface area contributed by atoms with Gasteiger partial charge in [-0.1, -0.05) is 35.3 Å². The molecule has 0 unspecified atom stereocenters. The number of Topliss-reactive ketones (excluding diaryl/α,β-unsaturated/α-hetero) is 1. The van der Waals surface area contributed by atoms with E-state index in [9.17, 15) is 19.2 Å². The van der Waals surface area contributed by atoms with E-state index in [0.29, 0.717) is 27.9 Å². The largest absolute Gasteiger partial charge is 0.292 e. The zero-order valence-corrected chi connectivity index (χ0v) is 25.8. The van der Waals surface area contributed by atoms with E-state index in [4.69, 9.17) is 23.2 Å². The van der Waals surface area contributed by atoms with Crippen LogP contribution in [-0.2, 0) is 0 Å². The first kappa shape index (κ1) is 27.5. The number of carbonyl (C=O) groups is 4. The number of fused-ring (bicyclic) bond motifs is 1. The van der Waals surface area contributed by atoms with E-state index in [0.717, 1.165) is 5.01 Å². The summed E-state index contributed by atoms with van der Waals surface area (Å²) < 4.78 is 1.61. The van der Waals surface area contributed by atoms with Gasteiger partial charge >= 0.3 is 0 Å². The molecular weight excluding hydrogens is 771 g/mol. The van der Waals surface area contributed by atoms with Crippen molar-refractivity contribution < 1.29 is 19.2 Å². The highest BCUT2D eigenvalue weighted by Gasteiger charge is 2.48. The maximum atomic E-state index is 13.8. The van der Waals surface area contributed by atoms with E-state index in [1.807, 2.05) is 0 Å². The lowest BCUT2D eigenvalue weighted by Gasteiger charge is -2.34. The van der Waals surface area contributed by atoms with Gasteiger partial charge in [-0.25, -0.2) is 5.01 Å². The summed E-state index contributed by atoms with van der Waals surface area (Å²) in [6.07, 6.45) is 0. The smallest absolute Gasteiger partial charge is 0.282 e. The standard InChI is InChI=1S/C24H12Br4Cl2N2O4/c1-10(21(33)11-6-8-12(29)9-7-11)31(22(34)13-4-2-3-5-14(13)30)32-23(35)15-16(24(32)36)18(26)20(28)19(27)17(15)25/h2-10H,1H3/t10-/m1/s1. The van der Waals surface area contributed by atoms with Crippen LogP contribution < -0.4 is 0 Å². The first-order chi connectivity index (χ1) is 17.0. The third-order valence-electron chi connectivity index (χ3n) is 5.48. The Hall–Kier alpha value is -1.56. The molecule has 1 aliphatic rings. The van der Waals surface area contributed by atoms with Crippen LogP contribution in [-0.4, -0.2) is 39.6 Å². The van der Waals surface area contributed by atoms with Crippen molar-refractivity contribution in [1.29, 1.82) is 0 Å². The number of hydrogen-bond acceptors (Lipinski definition) is 4. The summed E-state index contributed by atoms with van der Waals surface area (Å²) in [5, 5.41) is 2.06. The van der Waals surface area contributed by atoms with Gasteiger partial charge in [-0.15, -0.1) is 0 Å². The molecule has 184 valence electrons. The Labute approximate surface area is 249 Å². The quantitative estimate of drug-likeness (QED) is 0.114. The van der Waals surface area contributed by atoms with Crippen LogP contribution in [0, 0.1) is 0 Å². The van der Waals surface area contributed by atoms with E-state index in [1.165, 1.54) is 43.3 Å². The van der Waals surface area contributed by atoms with Crippen LogP contribution in [0.4, 0.5) is 0 Å². The van der Waals surface area contributed by atoms with Crippen molar-refractivity contribution in [3.63, 3.8) is 0 Å². The Kier molecular flexibility index (Phi) is 8.14. The molecule has 0 radical (unpaired) electrons. The molecule has 0 N–H and O–H groups in total. The molecule has 3 amide bonds. The number of hydrogen-bond donors (Lipinski definition) is 0. The normalized spacial score (nSPS) is 13.6. The number of carbonyl (C=O) groups excluding carboxylic acids is 4. The molecule has 1 atom stereocenters. The third-order valence-corrected chi connectivity index (χ3v) is 10.8. The Morgan fingerprint density at radius 3 is 1.81 bits per heavy atom. The van der Waals surface area contributed by atoms with Crippen LogP contribution in [0.15, 0.2) is 66.4 Å². The number of nitrogens with zero attached hydrogens (tertiary/aromatic N) is 2. The van der Waals surface area contributed by atoms with Gasteiger partial charge in [0.2, 0.25) is 0 Å². The number of amides is 3. The Morgan fingerprint density at radius 1 is 0.806 bits per heavy atom. The summed E-state index contributed by atoms with van der Waals surface area (Å²) in [6, 6.07) is 11.0. The molecule has 3 aromatic rings. The molecule has 36 heavy (non-hydrogen) atoms. The monoisotopic (exact) mass is 778 g/mol. The molecule has 6 nitrogen and oxygen atoms in total. The van der Waals surface area contributed by atoms with Gasteiger partial charge in [0, 0.05) is 28.5 Å². The first-order valence-electron chi connectivity index (χ1n) is 10.1. The molecule has 0 saturated heterocycles. The molecule has 1 heterocycles. The zero-order chi connectivity index (χ0) is 26.5. The van der Waals surface area contributed by atoms with Gasteiger partial charge < -0.3 is 0 Å². The lowest BCUT2D eigenvalue weighted by atomic mass is 10.0. The second kappa shape index (κ2) is 10.7. The van der Waals surface area contributed by atoms with E-state index in [-0.39, 0.29) is 27.3 Å². The fourth-order valence-electron chi connectivity index (χ4n) is 3.70. The van der Waals surface area contributed by atoms with E-state index in [1.54, 1.807) is 12.1 Å². The van der Waals surface area contributed by atoms with Gasteiger partial charge in [0.05, 0.1) is 21.7 Å². The van der Waals surface area contributed by atoms with Crippen LogP contribution in [0.25, 0.3) is 0 Å². The van der Waals surface area contributed by atoms with Crippen LogP contribution in [0.1, 0.15) is 48.4 Å². The van der Waals surface area contributed by atoms with E-state index >= 15 is 0 Å². The predicted molar refractivity (Wildman–Crippen MR) is 151 cm³/mol. The van der Waals surface area contributed by atoms with Crippen molar-refractivity contribution in [2.75, 3.05) is 0 Å². The topological polar surface area (TPSA) is 74.8 Å². The van der Waals surface area contributed by atoms with Crippen molar-refractivity contribution in [1.82, 2.24) is 10.0 Å². The van der Waals surface area contributed by atoms with E-state index in [2.05, 4.69) is 63.7 Å². The second-order valence-corrected chi connectivity index (χ2v) is 11.6. The summed E-state index contributed by atoms with van der Waals surface area (Å²) in [4.78, 5) is 54.6. The molecule has 1 aliphatic heterocycles. The maximum absolute atomic E-state index is 13.8. The van der Waals surface area contributed by atoms with E-state index < -0.39 is 29.5 Å². The van der Waals surface area contributed by atoms with Crippen LogP contribution in [0.2, 0.25) is 10.0 Å². The minimum Gasteiger partial charge on any atom is -0.292 e. The van der Waals surface area contributed by atoms with Gasteiger partial charge in [-0.2, -0.15) is 5.01 Å². The lowest BCUT2D eigenvalue weighted by molar-refractivity contribution is -0.00684. The number of benzene rings is 3. The predicted octanol–water partition coefficient (Wildman–Crippen LogP) is 7.97. The SMILES string of the molecule is C[C@H](C(=O)c1ccc(Cl)cc1)N(C(=O)c1ccccc1Cl)N1C(=O)c2c(Br)c(Br)c(Br)c(Br)c2C1=O. The molecule has 12 heteroatoms. The average Bonchev–Trinajstić information content (AvgIpc) is 3.12. The molecule has 0 spiro atoms. The van der Waals surface area contributed by atoms with Gasteiger partial charge in [0.1, 0.15) is 6.04 Å². The zero-order valence-electron chi connectivity index (χ0n) is 18.0. The molecule has 4 rings (SSSR count). The number of halogens is 6. The summed E-state index contributed by atoms with van der Waals surface area (Å²) >= 11 is 25.7. The molecule has 0 saturated carbocycles. The highest BCUT2D eigenvalue weighted by Crippen LogP contribution is 2.46. The molecule has 0 aromatic heterocycles. The highest BCUT2D eigenvalue weighted by atomic mass is 79.9. The number of hydrazine groups is 1. The van der Waals surface area contributed by atoms with Crippen molar-refractivity contribution in [2.24, 2.45) is 0 Å². The second-order valence-electron chi connectivity index (χ2n) is 7.60. The van der Waals surface area contributed by atoms with Crippen molar-refractivity contribution in [3.8, 4) is 0 Å². The van der Waals surface area contributed by atoms with Crippen LogP contribution in [0.3, 0.4) is 0 Å². The fourth-order valence-corrected chi connectivity index (χ4v) is 6.50. The number of rotatable bonds is 5. The number of imide groups is 1. The summed E-state index contributed by atoms with van der Waals surface area (Å²) in [6.45, 7) is 1.44. The van der Waals surface area contributed by atoms with Crippen LogP contribution >= 0.6 is 86.9 Å². The number of ketones is 1. The molecule has 0 fully saturated rings. The first-order valence-corrected chi connectivity index (χ1v) is 14.0. The average molecular weight is 783 g/mol. The Morgan fingerprint density at radius 2 is 1.31 bits per heavy atom. The van der Waals surface area contributed by atoms with Gasteiger partial charge in [0.15, 0.2) is 5.78 Å². The summed E-state index contributed by atoms with van der Waals surface area (Å²) in [5.74, 6) is -2.88. The Bertz CT molecular complexity index is 1420. The molecule has 3 aromatic carbocycles. The molecule has 0 bridgehead atoms. The van der Waals surface area contributed by atoms with Gasteiger partial charge in [-0.3, -0.25) is 19.2 Å². The highest BCUT2D eigenvalue weighted by molar-refractivity contribution is 9.15. The third kappa shape index (κ3) is 4.61. The van der Waals surface area contributed by atoms with Gasteiger partial charge in [0.25, 0.3) is 17.7 Å². The minimum atomic E-state index is -1.26. The molecular formula is C24H12Br4Cl2N2O4. The van der Waals surface area contributed by atoms with Gasteiger partial charge in [-0.05, 0) is 107 Å². The fraction of sp³-hybridized carbons (Fsp3) is 0.0833. The minimum absolute atomic E-state index is 0.0203. The molecule has 0 aliphatic carbocycles. The Balaban J connectivity index is 1.88. The van der Waals surface area contributed by atoms with Crippen LogP contribution in [0.5, 0.6) is 0 Å². The summed E-state index contributed by atoms with van der Waals surface area (Å²) in [7, 11) is 0. The summed E-state index contributed by atoms with van der Waals surface area (Å²) in [5.41, 5.74) is 0.329.